The molecule has 1 unspecified atom stereocenters. The van der Waals surface area contributed by atoms with Gasteiger partial charge in [-0.2, -0.15) is 49.2 Å². The molecule has 0 aliphatic carbocycles. The van der Waals surface area contributed by atoms with Crippen molar-refractivity contribution < 1.29 is 48.6 Å². The van der Waals surface area contributed by atoms with E-state index in [4.69, 9.17) is 5.26 Å². The van der Waals surface area contributed by atoms with E-state index < -0.39 is 42.6 Å². The zero-order valence-corrected chi connectivity index (χ0v) is 9.14. The van der Waals surface area contributed by atoms with Gasteiger partial charge >= 0.3 is 30.3 Å². The predicted octanol–water partition coefficient (Wildman–Crippen LogP) is 4.36. The third kappa shape index (κ3) is 2.75. The van der Waals surface area contributed by atoms with Gasteiger partial charge in [0.2, 0.25) is 5.41 Å². The minimum absolute atomic E-state index is 0.0938. The number of hydrogen-bond donors (Lipinski definition) is 0. The molecular formula is C8H3F10NO. The van der Waals surface area contributed by atoms with Gasteiger partial charge in [0.25, 0.3) is 0 Å². The van der Waals surface area contributed by atoms with E-state index >= 15 is 0 Å². The molecule has 0 saturated carbocycles. The molecule has 0 N–H and O–H groups in total. The van der Waals surface area contributed by atoms with Crippen molar-refractivity contribution in [3.8, 4) is 6.07 Å². The van der Waals surface area contributed by atoms with Crippen LogP contribution in [0.1, 0.15) is 6.92 Å². The first-order valence-corrected chi connectivity index (χ1v) is 4.27. The summed E-state index contributed by atoms with van der Waals surface area (Å²) >= 11 is 0. The number of ether oxygens (including phenoxy) is 1. The van der Waals surface area contributed by atoms with Crippen molar-refractivity contribution in [1.29, 1.82) is 5.26 Å². The molecule has 0 spiro atoms. The summed E-state index contributed by atoms with van der Waals surface area (Å²) in [6.07, 6.45) is -16.1. The van der Waals surface area contributed by atoms with Gasteiger partial charge < -0.3 is 4.74 Å². The number of halogens is 10. The molecule has 0 aromatic rings. The lowest BCUT2D eigenvalue weighted by molar-refractivity contribution is -0.397. The smallest absolute Gasteiger partial charge is 0.398 e. The first-order valence-electron chi connectivity index (χ1n) is 4.27. The molecule has 0 aromatic heterocycles. The van der Waals surface area contributed by atoms with Crippen molar-refractivity contribution in [2.75, 3.05) is 0 Å². The van der Waals surface area contributed by atoms with Crippen LogP contribution in [0.3, 0.4) is 0 Å². The summed E-state index contributed by atoms with van der Waals surface area (Å²) < 4.78 is 126. The molecule has 0 aliphatic heterocycles. The summed E-state index contributed by atoms with van der Waals surface area (Å²) in [5.41, 5.74) is -5.00. The topological polar surface area (TPSA) is 33.0 Å². The Morgan fingerprint density at radius 2 is 1.35 bits per heavy atom. The van der Waals surface area contributed by atoms with E-state index in [2.05, 4.69) is 4.74 Å². The maximum absolute atomic E-state index is 13.1. The maximum Gasteiger partial charge on any atom is 0.468 e. The first kappa shape index (κ1) is 18.3. The largest absolute Gasteiger partial charge is 0.468 e. The van der Waals surface area contributed by atoms with Gasteiger partial charge in [0.05, 0.1) is 6.07 Å². The molecule has 2 nitrogen and oxygen atoms in total. The second-order valence-electron chi connectivity index (χ2n) is 3.46. The van der Waals surface area contributed by atoms with E-state index in [0.29, 0.717) is 0 Å². The molecule has 0 fully saturated rings. The predicted molar refractivity (Wildman–Crippen MR) is 41.1 cm³/mol. The van der Waals surface area contributed by atoms with Crippen LogP contribution in [-0.2, 0) is 4.74 Å². The van der Waals surface area contributed by atoms with Gasteiger partial charge in [0, 0.05) is 0 Å². The minimum Gasteiger partial charge on any atom is -0.398 e. The summed E-state index contributed by atoms with van der Waals surface area (Å²) in [5.74, 6) is -6.35. The average molecular weight is 319 g/mol. The quantitative estimate of drug-likeness (QED) is 0.570. The second kappa shape index (κ2) is 5.02. The third-order valence-electron chi connectivity index (χ3n) is 2.15. The van der Waals surface area contributed by atoms with Crippen molar-refractivity contribution >= 4 is 0 Å². The zero-order valence-electron chi connectivity index (χ0n) is 9.14. The highest BCUT2D eigenvalue weighted by Gasteiger charge is 2.79. The highest BCUT2D eigenvalue weighted by molar-refractivity contribution is 5.12. The number of hydrogen-bond acceptors (Lipinski definition) is 2. The van der Waals surface area contributed by atoms with Crippen LogP contribution in [0, 0.1) is 16.7 Å². The molecule has 0 rings (SSSR count). The van der Waals surface area contributed by atoms with Crippen LogP contribution in [0.4, 0.5) is 43.9 Å². The van der Waals surface area contributed by atoms with Crippen LogP contribution in [-0.4, -0.2) is 18.2 Å². The lowest BCUT2D eigenvalue weighted by atomic mass is 9.83. The van der Waals surface area contributed by atoms with E-state index in [1.54, 1.807) is 0 Å². The normalized spacial score (nSPS) is 16.1. The molecule has 1 atom stereocenters. The number of alkyl halides is 7. The van der Waals surface area contributed by atoms with Gasteiger partial charge in [0.1, 0.15) is 0 Å². The summed E-state index contributed by atoms with van der Waals surface area (Å²) in [7, 11) is 0. The monoisotopic (exact) mass is 319 g/mol. The number of rotatable bonds is 4. The standard InChI is InChI=1S/C8H3F10NO/c1-5(2-19,7(14,15)16)6(12,13)8(17,18)20-4(11)3(9)10/h1H3. The summed E-state index contributed by atoms with van der Waals surface area (Å²) in [4.78, 5) is 0. The van der Waals surface area contributed by atoms with Crippen molar-refractivity contribution in [3.05, 3.63) is 12.1 Å². The summed E-state index contributed by atoms with van der Waals surface area (Å²) in [5, 5.41) is 8.07. The van der Waals surface area contributed by atoms with Crippen LogP contribution in [0.5, 0.6) is 0 Å². The lowest BCUT2D eigenvalue weighted by Gasteiger charge is -2.36. The molecule has 12 heteroatoms. The molecule has 20 heavy (non-hydrogen) atoms. The molecular weight excluding hydrogens is 316 g/mol. The van der Waals surface area contributed by atoms with Crippen molar-refractivity contribution in [1.82, 2.24) is 0 Å². The van der Waals surface area contributed by atoms with Crippen LogP contribution in [0.15, 0.2) is 12.1 Å². The number of nitriles is 1. The van der Waals surface area contributed by atoms with Crippen molar-refractivity contribution in [2.45, 2.75) is 25.1 Å². The second-order valence-corrected chi connectivity index (χ2v) is 3.46. The Morgan fingerprint density at radius 1 is 0.950 bits per heavy atom. The first-order chi connectivity index (χ1) is 8.64. The van der Waals surface area contributed by atoms with Crippen molar-refractivity contribution in [3.63, 3.8) is 0 Å². The van der Waals surface area contributed by atoms with Gasteiger partial charge in [-0.25, -0.2) is 0 Å². The lowest BCUT2D eigenvalue weighted by Crippen LogP contribution is -2.59. The zero-order chi connectivity index (χ0) is 16.6. The fourth-order valence-corrected chi connectivity index (χ4v) is 0.818. The van der Waals surface area contributed by atoms with Gasteiger partial charge in [-0.05, 0) is 6.92 Å². The Hall–Kier alpha value is -1.67. The van der Waals surface area contributed by atoms with Crippen LogP contribution in [0.25, 0.3) is 0 Å². The Balaban J connectivity index is 5.85. The van der Waals surface area contributed by atoms with Crippen LogP contribution >= 0.6 is 0 Å². The van der Waals surface area contributed by atoms with Crippen LogP contribution in [0.2, 0.25) is 0 Å². The number of nitrogens with zero attached hydrogens (tertiary/aromatic N) is 1. The Morgan fingerprint density at radius 3 is 1.60 bits per heavy atom. The Labute approximate surface area is 104 Å². The van der Waals surface area contributed by atoms with Crippen molar-refractivity contribution in [2.24, 2.45) is 5.41 Å². The highest BCUT2D eigenvalue weighted by Crippen LogP contribution is 2.55. The van der Waals surface area contributed by atoms with E-state index in [1.807, 2.05) is 0 Å². The third-order valence-corrected chi connectivity index (χ3v) is 2.15. The van der Waals surface area contributed by atoms with Gasteiger partial charge in [-0.3, -0.25) is 0 Å². The fourth-order valence-electron chi connectivity index (χ4n) is 0.818. The molecule has 0 heterocycles. The highest BCUT2D eigenvalue weighted by atomic mass is 19.4. The van der Waals surface area contributed by atoms with E-state index in [1.165, 1.54) is 0 Å². The van der Waals surface area contributed by atoms with Gasteiger partial charge in [-0.1, -0.05) is 0 Å². The summed E-state index contributed by atoms with van der Waals surface area (Å²) in [6, 6.07) is -3.58. The molecule has 0 bridgehead atoms. The fraction of sp³-hybridized carbons (Fsp3) is 0.625. The molecule has 0 aliphatic rings. The Bertz CT molecular complexity index is 443. The average Bonchev–Trinajstić information content (AvgIpc) is 2.24. The van der Waals surface area contributed by atoms with Gasteiger partial charge in [-0.15, -0.1) is 0 Å². The molecule has 0 saturated heterocycles. The molecule has 0 aromatic carbocycles. The van der Waals surface area contributed by atoms with E-state index in [9.17, 15) is 43.9 Å². The van der Waals surface area contributed by atoms with E-state index in [-0.39, 0.29) is 6.07 Å². The molecule has 0 radical (unpaired) electrons. The minimum atomic E-state index is -6.35. The van der Waals surface area contributed by atoms with E-state index in [0.717, 1.165) is 0 Å². The maximum atomic E-state index is 13.1. The van der Waals surface area contributed by atoms with Gasteiger partial charge in [0.15, 0.2) is 0 Å². The summed E-state index contributed by atoms with van der Waals surface area (Å²) in [6.45, 7) is -0.613. The molecule has 116 valence electrons. The Kier molecular flexibility index (Phi) is 4.60. The molecule has 0 amide bonds. The van der Waals surface area contributed by atoms with Crippen LogP contribution < -0.4 is 0 Å². The SMILES string of the molecule is CC(C#N)(C(F)(F)F)C(F)(F)C(F)(F)OC(F)=C(F)F.